The summed E-state index contributed by atoms with van der Waals surface area (Å²) in [5.41, 5.74) is 0.999. The number of nitrogens with one attached hydrogen (secondary N) is 1. The standard InChI is InChI=1S/C18H24N4OS/c1-13-8-6-7-11-16(13)20-17(23)14(2)24-18-21-19-12-22(18)15-9-4-3-5-10-15/h3-5,9-10,12-14,16H,6-8,11H2,1-2H3,(H,20,23)/t13-,14-,16-/m1/s1. The number of rotatable bonds is 5. The molecule has 1 saturated carbocycles. The molecule has 6 heteroatoms. The topological polar surface area (TPSA) is 59.8 Å². The summed E-state index contributed by atoms with van der Waals surface area (Å²) in [6.45, 7) is 4.16. The molecule has 0 bridgehead atoms. The minimum absolute atomic E-state index is 0.0846. The number of thioether (sulfide) groups is 1. The highest BCUT2D eigenvalue weighted by Crippen LogP contribution is 2.26. The number of benzene rings is 1. The van der Waals surface area contributed by atoms with Gasteiger partial charge in [-0.15, -0.1) is 10.2 Å². The first kappa shape index (κ1) is 17.0. The fourth-order valence-corrected chi connectivity index (χ4v) is 3.96. The lowest BCUT2D eigenvalue weighted by atomic mass is 9.86. The van der Waals surface area contributed by atoms with Crippen LogP contribution >= 0.6 is 11.8 Å². The molecule has 24 heavy (non-hydrogen) atoms. The number of amides is 1. The average molecular weight is 344 g/mol. The highest BCUT2D eigenvalue weighted by molar-refractivity contribution is 8.00. The Balaban J connectivity index is 1.64. The van der Waals surface area contributed by atoms with Crippen molar-refractivity contribution in [2.24, 2.45) is 5.92 Å². The van der Waals surface area contributed by atoms with Gasteiger partial charge < -0.3 is 5.32 Å². The summed E-state index contributed by atoms with van der Waals surface area (Å²) in [6, 6.07) is 10.2. The van der Waals surface area contributed by atoms with Crippen LogP contribution in [-0.4, -0.2) is 32.0 Å². The Hall–Kier alpha value is -1.82. The van der Waals surface area contributed by atoms with Gasteiger partial charge in [-0.2, -0.15) is 0 Å². The zero-order chi connectivity index (χ0) is 16.9. The predicted molar refractivity (Wildman–Crippen MR) is 96.2 cm³/mol. The third kappa shape index (κ3) is 3.98. The number of aromatic nitrogens is 3. The molecule has 3 rings (SSSR count). The highest BCUT2D eigenvalue weighted by atomic mass is 32.2. The molecule has 0 aliphatic heterocycles. The third-order valence-corrected chi connectivity index (χ3v) is 5.70. The van der Waals surface area contributed by atoms with Gasteiger partial charge in [-0.05, 0) is 37.8 Å². The first-order chi connectivity index (χ1) is 11.6. The van der Waals surface area contributed by atoms with Crippen molar-refractivity contribution in [1.29, 1.82) is 0 Å². The van der Waals surface area contributed by atoms with E-state index < -0.39 is 0 Å². The van der Waals surface area contributed by atoms with E-state index in [1.807, 2.05) is 41.8 Å². The largest absolute Gasteiger partial charge is 0.352 e. The minimum atomic E-state index is -0.203. The van der Waals surface area contributed by atoms with Crippen LogP contribution in [0.4, 0.5) is 0 Å². The molecule has 1 aromatic heterocycles. The van der Waals surface area contributed by atoms with Gasteiger partial charge >= 0.3 is 0 Å². The molecule has 0 spiro atoms. The second kappa shape index (κ2) is 7.83. The van der Waals surface area contributed by atoms with Crippen LogP contribution in [0.25, 0.3) is 5.69 Å². The van der Waals surface area contributed by atoms with Gasteiger partial charge in [0, 0.05) is 11.7 Å². The minimum Gasteiger partial charge on any atom is -0.352 e. The molecule has 1 aliphatic rings. The summed E-state index contributed by atoms with van der Waals surface area (Å²) in [5, 5.41) is 11.9. The molecule has 0 radical (unpaired) electrons. The zero-order valence-electron chi connectivity index (χ0n) is 14.2. The van der Waals surface area contributed by atoms with Crippen LogP contribution in [-0.2, 0) is 4.79 Å². The Morgan fingerprint density at radius 3 is 2.79 bits per heavy atom. The molecule has 1 fully saturated rings. The predicted octanol–water partition coefficient (Wildman–Crippen LogP) is 3.44. The number of hydrogen-bond acceptors (Lipinski definition) is 4. The lowest BCUT2D eigenvalue weighted by Gasteiger charge is -2.30. The van der Waals surface area contributed by atoms with Crippen LogP contribution in [0.1, 0.15) is 39.5 Å². The van der Waals surface area contributed by atoms with Crippen molar-refractivity contribution in [2.45, 2.75) is 56.0 Å². The van der Waals surface area contributed by atoms with Crippen molar-refractivity contribution in [2.75, 3.05) is 0 Å². The van der Waals surface area contributed by atoms with Gasteiger partial charge in [-0.25, -0.2) is 0 Å². The molecule has 1 aliphatic carbocycles. The monoisotopic (exact) mass is 344 g/mol. The second-order valence-corrected chi connectivity index (χ2v) is 7.76. The molecule has 128 valence electrons. The maximum absolute atomic E-state index is 12.5. The smallest absolute Gasteiger partial charge is 0.233 e. The van der Waals surface area contributed by atoms with Crippen molar-refractivity contribution in [1.82, 2.24) is 20.1 Å². The van der Waals surface area contributed by atoms with Crippen molar-refractivity contribution in [3.63, 3.8) is 0 Å². The Bertz CT molecular complexity index is 673. The Labute approximate surface area is 147 Å². The van der Waals surface area contributed by atoms with E-state index in [0.717, 1.165) is 17.3 Å². The van der Waals surface area contributed by atoms with Gasteiger partial charge in [0.25, 0.3) is 0 Å². The number of para-hydroxylation sites is 1. The lowest BCUT2D eigenvalue weighted by molar-refractivity contribution is -0.121. The zero-order valence-corrected chi connectivity index (χ0v) is 15.0. The molecular formula is C18H24N4OS. The normalized spacial score (nSPS) is 22.1. The van der Waals surface area contributed by atoms with Gasteiger partial charge in [-0.1, -0.05) is 49.7 Å². The van der Waals surface area contributed by atoms with E-state index in [0.29, 0.717) is 12.0 Å². The SMILES string of the molecule is C[C@@H]1CCCC[C@H]1NC(=O)[C@@H](C)Sc1nncn1-c1ccccc1. The molecule has 1 heterocycles. The molecule has 1 aromatic carbocycles. The molecule has 0 saturated heterocycles. The molecule has 0 unspecified atom stereocenters. The highest BCUT2D eigenvalue weighted by Gasteiger charge is 2.26. The van der Waals surface area contributed by atoms with E-state index in [2.05, 4.69) is 22.4 Å². The van der Waals surface area contributed by atoms with Gasteiger partial charge in [0.1, 0.15) is 6.33 Å². The van der Waals surface area contributed by atoms with E-state index in [9.17, 15) is 4.79 Å². The lowest BCUT2D eigenvalue weighted by Crippen LogP contribution is -2.44. The summed E-state index contributed by atoms with van der Waals surface area (Å²) in [7, 11) is 0. The van der Waals surface area contributed by atoms with Gasteiger partial charge in [0.05, 0.1) is 5.25 Å². The van der Waals surface area contributed by atoms with Crippen molar-refractivity contribution in [3.8, 4) is 5.69 Å². The van der Waals surface area contributed by atoms with E-state index >= 15 is 0 Å². The molecule has 1 N–H and O–H groups in total. The quantitative estimate of drug-likeness (QED) is 0.844. The van der Waals surface area contributed by atoms with Crippen LogP contribution in [0.2, 0.25) is 0 Å². The van der Waals surface area contributed by atoms with Gasteiger partial charge in [0.15, 0.2) is 5.16 Å². The number of nitrogens with zero attached hydrogens (tertiary/aromatic N) is 3. The summed E-state index contributed by atoms with van der Waals surface area (Å²) < 4.78 is 1.91. The Morgan fingerprint density at radius 2 is 2.04 bits per heavy atom. The van der Waals surface area contributed by atoms with Crippen LogP contribution < -0.4 is 5.32 Å². The van der Waals surface area contributed by atoms with Crippen LogP contribution in [0.5, 0.6) is 0 Å². The molecule has 5 nitrogen and oxygen atoms in total. The second-order valence-electron chi connectivity index (χ2n) is 6.46. The molecule has 3 atom stereocenters. The van der Waals surface area contributed by atoms with E-state index in [4.69, 9.17) is 0 Å². The fourth-order valence-electron chi connectivity index (χ4n) is 3.11. The van der Waals surface area contributed by atoms with E-state index in [-0.39, 0.29) is 11.2 Å². The maximum Gasteiger partial charge on any atom is 0.233 e. The van der Waals surface area contributed by atoms with Gasteiger partial charge in [-0.3, -0.25) is 9.36 Å². The fraction of sp³-hybridized carbons (Fsp3) is 0.500. The molecule has 2 aromatic rings. The van der Waals surface area contributed by atoms with Crippen molar-refractivity contribution >= 4 is 17.7 Å². The van der Waals surface area contributed by atoms with Crippen LogP contribution in [0.15, 0.2) is 41.8 Å². The molecule has 1 amide bonds. The van der Waals surface area contributed by atoms with Crippen LogP contribution in [0, 0.1) is 5.92 Å². The van der Waals surface area contributed by atoms with E-state index in [1.54, 1.807) is 6.33 Å². The van der Waals surface area contributed by atoms with Crippen molar-refractivity contribution < 1.29 is 4.79 Å². The summed E-state index contributed by atoms with van der Waals surface area (Å²) in [4.78, 5) is 12.5. The summed E-state index contributed by atoms with van der Waals surface area (Å²) >= 11 is 1.45. The third-order valence-electron chi connectivity index (χ3n) is 4.64. The maximum atomic E-state index is 12.5. The Morgan fingerprint density at radius 1 is 1.29 bits per heavy atom. The number of carbonyl (C=O) groups is 1. The molecular weight excluding hydrogens is 320 g/mol. The Kier molecular flexibility index (Phi) is 5.56. The summed E-state index contributed by atoms with van der Waals surface area (Å²) in [5.74, 6) is 0.647. The van der Waals surface area contributed by atoms with Crippen LogP contribution in [0.3, 0.4) is 0 Å². The van der Waals surface area contributed by atoms with Gasteiger partial charge in [0.2, 0.25) is 5.91 Å². The summed E-state index contributed by atoms with van der Waals surface area (Å²) in [6.07, 6.45) is 6.46. The number of hydrogen-bond donors (Lipinski definition) is 1. The van der Waals surface area contributed by atoms with Crippen molar-refractivity contribution in [3.05, 3.63) is 36.7 Å². The average Bonchev–Trinajstić information content (AvgIpc) is 3.05. The number of carbonyl (C=O) groups excluding carboxylic acids is 1. The van der Waals surface area contributed by atoms with E-state index in [1.165, 1.54) is 31.0 Å². The first-order valence-corrected chi connectivity index (χ1v) is 9.45. The first-order valence-electron chi connectivity index (χ1n) is 8.57.